The summed E-state index contributed by atoms with van der Waals surface area (Å²) in [5, 5.41) is 2.78. The number of hydrogen-bond donors (Lipinski definition) is 1. The zero-order chi connectivity index (χ0) is 33.8. The molecule has 0 atom stereocenters. The average molecular weight is 644 g/mol. The molecule has 0 aromatic heterocycles. The van der Waals surface area contributed by atoms with Gasteiger partial charge in [0.1, 0.15) is 23.6 Å². The van der Waals surface area contributed by atoms with E-state index < -0.39 is 17.7 Å². The molecular weight excluding hydrogens is 598 g/mol. The summed E-state index contributed by atoms with van der Waals surface area (Å²) in [6.45, 7) is 8.12. The molecule has 0 aliphatic carbocycles. The van der Waals surface area contributed by atoms with Crippen LogP contribution in [0.4, 0.5) is 10.5 Å². The number of alkyl carbamates (subject to hydrolysis) is 1. The number of para-hydroxylation sites is 1. The van der Waals surface area contributed by atoms with E-state index in [4.69, 9.17) is 14.2 Å². The second kappa shape index (κ2) is 16.6. The Hall–Kier alpha value is -4.86. The van der Waals surface area contributed by atoms with Crippen molar-refractivity contribution < 1.29 is 33.4 Å². The van der Waals surface area contributed by atoms with Crippen molar-refractivity contribution in [3.63, 3.8) is 0 Å². The molecule has 0 fully saturated rings. The molecule has 10 nitrogen and oxygen atoms in total. The Balaban J connectivity index is 1.48. The minimum Gasteiger partial charge on any atom is -0.466 e. The highest BCUT2D eigenvalue weighted by Crippen LogP contribution is 2.30. The van der Waals surface area contributed by atoms with Gasteiger partial charge in [-0.1, -0.05) is 42.8 Å². The fourth-order valence-corrected chi connectivity index (χ4v) is 5.23. The van der Waals surface area contributed by atoms with Crippen LogP contribution in [0.1, 0.15) is 74.9 Å². The van der Waals surface area contributed by atoms with Gasteiger partial charge in [-0.05, 0) is 94.5 Å². The minimum atomic E-state index is -0.539. The predicted octanol–water partition coefficient (Wildman–Crippen LogP) is 6.66. The van der Waals surface area contributed by atoms with Crippen LogP contribution in [0.3, 0.4) is 0 Å². The molecular formula is C37H45N3O7. The number of nitrogens with zero attached hydrogens (tertiary/aromatic N) is 2. The van der Waals surface area contributed by atoms with E-state index in [0.29, 0.717) is 29.3 Å². The highest BCUT2D eigenvalue weighted by molar-refractivity contribution is 6.09. The van der Waals surface area contributed by atoms with Crippen molar-refractivity contribution in [2.45, 2.75) is 71.9 Å². The summed E-state index contributed by atoms with van der Waals surface area (Å²) in [5.41, 5.74) is 2.21. The normalized spacial score (nSPS) is 13.1. The SMILES string of the molecule is CCOC(=O)CCN1CC(=O)N(Cc2cccc(Oc3ccccc3)c2)c2ccc(CCCCCNC(=O)OC(C)(C)C)cc2C1=O. The van der Waals surface area contributed by atoms with Gasteiger partial charge in [0.05, 0.1) is 30.8 Å². The number of carbonyl (C=O) groups excluding carboxylic acids is 4. The van der Waals surface area contributed by atoms with E-state index in [1.807, 2.05) is 93.6 Å². The minimum absolute atomic E-state index is 0.00190. The maximum absolute atomic E-state index is 13.9. The number of esters is 1. The molecule has 3 aromatic carbocycles. The molecule has 0 radical (unpaired) electrons. The van der Waals surface area contributed by atoms with Crippen LogP contribution in [0.2, 0.25) is 0 Å². The monoisotopic (exact) mass is 643 g/mol. The van der Waals surface area contributed by atoms with Crippen LogP contribution in [-0.4, -0.2) is 60.6 Å². The van der Waals surface area contributed by atoms with Gasteiger partial charge in [0.15, 0.2) is 0 Å². The molecule has 1 heterocycles. The number of nitrogens with one attached hydrogen (secondary N) is 1. The summed E-state index contributed by atoms with van der Waals surface area (Å²) in [6.07, 6.45) is 2.81. The van der Waals surface area contributed by atoms with Crippen molar-refractivity contribution in [2.75, 3.05) is 31.1 Å². The fourth-order valence-electron chi connectivity index (χ4n) is 5.23. The molecule has 0 saturated heterocycles. The van der Waals surface area contributed by atoms with Gasteiger partial charge in [-0.15, -0.1) is 0 Å². The maximum Gasteiger partial charge on any atom is 0.407 e. The number of hydrogen-bond acceptors (Lipinski definition) is 7. The molecule has 4 rings (SSSR count). The zero-order valence-electron chi connectivity index (χ0n) is 27.8. The van der Waals surface area contributed by atoms with E-state index in [0.717, 1.165) is 36.8 Å². The number of unbranched alkanes of at least 4 members (excludes halogenated alkanes) is 2. The van der Waals surface area contributed by atoms with Crippen LogP contribution < -0.4 is 15.0 Å². The highest BCUT2D eigenvalue weighted by Gasteiger charge is 2.32. The summed E-state index contributed by atoms with van der Waals surface area (Å²) in [7, 11) is 0. The van der Waals surface area contributed by atoms with E-state index in [1.54, 1.807) is 11.8 Å². The maximum atomic E-state index is 13.9. The predicted molar refractivity (Wildman–Crippen MR) is 180 cm³/mol. The summed E-state index contributed by atoms with van der Waals surface area (Å²) in [6, 6.07) is 22.6. The topological polar surface area (TPSA) is 114 Å². The quantitative estimate of drug-likeness (QED) is 0.154. The van der Waals surface area contributed by atoms with Crippen molar-refractivity contribution in [2.24, 2.45) is 0 Å². The molecule has 1 N–H and O–H groups in total. The number of ether oxygens (including phenoxy) is 3. The van der Waals surface area contributed by atoms with Crippen molar-refractivity contribution in [1.29, 1.82) is 0 Å². The number of anilines is 1. The number of carbonyl (C=O) groups is 4. The fraction of sp³-hybridized carbons (Fsp3) is 0.405. The first-order valence-electron chi connectivity index (χ1n) is 16.2. The summed E-state index contributed by atoms with van der Waals surface area (Å²) in [4.78, 5) is 54.6. The smallest absolute Gasteiger partial charge is 0.407 e. The first kappa shape index (κ1) is 35.0. The number of fused-ring (bicyclic) bond motifs is 1. The van der Waals surface area contributed by atoms with Crippen LogP contribution in [0.5, 0.6) is 11.5 Å². The van der Waals surface area contributed by atoms with Crippen molar-refractivity contribution in [3.05, 3.63) is 89.5 Å². The van der Waals surface area contributed by atoms with Gasteiger partial charge < -0.3 is 29.3 Å². The lowest BCUT2D eigenvalue weighted by molar-refractivity contribution is -0.143. The molecule has 10 heteroatoms. The third-order valence-corrected chi connectivity index (χ3v) is 7.42. The third-order valence-electron chi connectivity index (χ3n) is 7.42. The largest absolute Gasteiger partial charge is 0.466 e. The molecule has 1 aliphatic heterocycles. The molecule has 1 aliphatic rings. The second-order valence-corrected chi connectivity index (χ2v) is 12.4. The Kier molecular flexibility index (Phi) is 12.4. The van der Waals surface area contributed by atoms with E-state index in [1.165, 1.54) is 4.90 Å². The van der Waals surface area contributed by atoms with Crippen LogP contribution in [0, 0.1) is 0 Å². The molecule has 0 saturated carbocycles. The first-order valence-corrected chi connectivity index (χ1v) is 16.2. The zero-order valence-corrected chi connectivity index (χ0v) is 27.8. The van der Waals surface area contributed by atoms with Gasteiger partial charge in [-0.2, -0.15) is 0 Å². The van der Waals surface area contributed by atoms with Crippen molar-refractivity contribution >= 4 is 29.6 Å². The Morgan fingerprint density at radius 1 is 0.872 bits per heavy atom. The molecule has 0 spiro atoms. The van der Waals surface area contributed by atoms with Gasteiger partial charge in [0.25, 0.3) is 5.91 Å². The van der Waals surface area contributed by atoms with Gasteiger partial charge >= 0.3 is 12.1 Å². The number of rotatable bonds is 14. The Morgan fingerprint density at radius 3 is 2.38 bits per heavy atom. The van der Waals surface area contributed by atoms with Crippen molar-refractivity contribution in [3.8, 4) is 11.5 Å². The standard InChI is InChI=1S/C37H45N3O7/c1-5-45-34(42)20-22-39-26-33(41)40(25-28-14-12-17-30(23-28)46-29-15-9-6-10-16-29)32-19-18-27(24-31(32)35(39)43)13-8-7-11-21-38-36(44)47-37(2,3)4/h6,9-10,12,14-19,23-24H,5,7-8,11,13,20-22,25-26H2,1-4H3,(H,38,44). The summed E-state index contributed by atoms with van der Waals surface area (Å²) < 4.78 is 16.3. The molecule has 47 heavy (non-hydrogen) atoms. The van der Waals surface area contributed by atoms with Crippen LogP contribution >= 0.6 is 0 Å². The van der Waals surface area contributed by atoms with E-state index in [-0.39, 0.29) is 44.5 Å². The Labute approximate surface area is 277 Å². The lowest BCUT2D eigenvalue weighted by Gasteiger charge is -2.23. The highest BCUT2D eigenvalue weighted by atomic mass is 16.6. The van der Waals surface area contributed by atoms with Crippen LogP contribution in [0.15, 0.2) is 72.8 Å². The van der Waals surface area contributed by atoms with Crippen LogP contribution in [-0.2, 0) is 32.0 Å². The van der Waals surface area contributed by atoms with Crippen LogP contribution in [0.25, 0.3) is 0 Å². The number of amides is 3. The molecule has 0 unspecified atom stereocenters. The van der Waals surface area contributed by atoms with Crippen molar-refractivity contribution in [1.82, 2.24) is 10.2 Å². The summed E-state index contributed by atoms with van der Waals surface area (Å²) >= 11 is 0. The molecule has 3 aromatic rings. The Bertz CT molecular complexity index is 1530. The van der Waals surface area contributed by atoms with E-state index in [9.17, 15) is 19.2 Å². The molecule has 0 bridgehead atoms. The molecule has 250 valence electrons. The Morgan fingerprint density at radius 2 is 1.64 bits per heavy atom. The summed E-state index contributed by atoms with van der Waals surface area (Å²) in [5.74, 6) is 0.375. The van der Waals surface area contributed by atoms with E-state index >= 15 is 0 Å². The second-order valence-electron chi connectivity index (χ2n) is 12.4. The first-order chi connectivity index (χ1) is 22.5. The van der Waals surface area contributed by atoms with Gasteiger partial charge in [-0.3, -0.25) is 14.4 Å². The average Bonchev–Trinajstić information content (AvgIpc) is 3.12. The van der Waals surface area contributed by atoms with Gasteiger partial charge in [-0.25, -0.2) is 4.79 Å². The van der Waals surface area contributed by atoms with Gasteiger partial charge in [0.2, 0.25) is 5.91 Å². The van der Waals surface area contributed by atoms with Gasteiger partial charge in [0, 0.05) is 13.1 Å². The third kappa shape index (κ3) is 10.9. The lowest BCUT2D eigenvalue weighted by Crippen LogP contribution is -2.40. The lowest BCUT2D eigenvalue weighted by atomic mass is 10.0. The van der Waals surface area contributed by atoms with E-state index in [2.05, 4.69) is 5.32 Å². The number of benzene rings is 3. The molecule has 3 amide bonds. The number of aryl methyl sites for hydroxylation is 1.